The summed E-state index contributed by atoms with van der Waals surface area (Å²) in [5, 5.41) is 18.1. The highest BCUT2D eigenvalue weighted by molar-refractivity contribution is 6.40. The molecule has 2 aromatic rings. The Morgan fingerprint density at radius 2 is 1.94 bits per heavy atom. The maximum Gasteiger partial charge on any atom is 0.377 e. The van der Waals surface area contributed by atoms with Gasteiger partial charge in [-0.15, -0.1) is 0 Å². The van der Waals surface area contributed by atoms with E-state index in [4.69, 9.17) is 9.52 Å². The normalized spacial score (nSPS) is 10.5. The molecule has 0 aliphatic heterocycles. The van der Waals surface area contributed by atoms with E-state index >= 15 is 0 Å². The van der Waals surface area contributed by atoms with Crippen molar-refractivity contribution in [2.45, 2.75) is 6.92 Å². The summed E-state index contributed by atoms with van der Waals surface area (Å²) in [5.41, 5.74) is -1.36. The second-order valence-corrected chi connectivity index (χ2v) is 3.65. The van der Waals surface area contributed by atoms with Gasteiger partial charge in [-0.05, 0) is 19.1 Å². The van der Waals surface area contributed by atoms with Gasteiger partial charge in [-0.25, -0.2) is 4.79 Å². The number of aromatic hydroxyl groups is 1. The fourth-order valence-electron chi connectivity index (χ4n) is 1.68. The molecule has 0 saturated carbocycles. The SMILES string of the molecule is Cc1oc2c(O)cccc2c(=O)c1C(=O)C(=O)O. The van der Waals surface area contributed by atoms with E-state index in [-0.39, 0.29) is 22.5 Å². The van der Waals surface area contributed by atoms with E-state index in [1.807, 2.05) is 0 Å². The van der Waals surface area contributed by atoms with Crippen LogP contribution in [0.1, 0.15) is 16.1 Å². The van der Waals surface area contributed by atoms with Gasteiger partial charge in [0.25, 0.3) is 5.78 Å². The second kappa shape index (κ2) is 3.99. The lowest BCUT2D eigenvalue weighted by Crippen LogP contribution is -2.23. The quantitative estimate of drug-likeness (QED) is 0.608. The predicted octanol–water partition coefficient (Wildman–Crippen LogP) is 1.07. The van der Waals surface area contributed by atoms with Crippen LogP contribution in [0.15, 0.2) is 27.4 Å². The van der Waals surface area contributed by atoms with Crippen LogP contribution in [0.3, 0.4) is 0 Å². The summed E-state index contributed by atoms with van der Waals surface area (Å²) in [5.74, 6) is -3.44. The van der Waals surface area contributed by atoms with Gasteiger partial charge in [0.1, 0.15) is 11.3 Å². The number of hydrogen-bond acceptors (Lipinski definition) is 5. The van der Waals surface area contributed by atoms with Crippen LogP contribution in [0.25, 0.3) is 11.0 Å². The molecule has 0 saturated heterocycles. The number of phenols is 1. The number of Topliss-reactive ketones (excluding diaryl/α,β-unsaturated/α-hetero) is 1. The molecule has 0 unspecified atom stereocenters. The third-order valence-electron chi connectivity index (χ3n) is 2.49. The summed E-state index contributed by atoms with van der Waals surface area (Å²) in [7, 11) is 0. The molecule has 1 aromatic carbocycles. The van der Waals surface area contributed by atoms with Gasteiger partial charge in [0.05, 0.1) is 5.39 Å². The molecule has 0 bridgehead atoms. The van der Waals surface area contributed by atoms with Crippen molar-refractivity contribution < 1.29 is 24.2 Å². The molecule has 0 aliphatic rings. The second-order valence-electron chi connectivity index (χ2n) is 3.65. The van der Waals surface area contributed by atoms with E-state index < -0.39 is 22.7 Å². The lowest BCUT2D eigenvalue weighted by molar-refractivity contribution is -0.131. The molecule has 0 amide bonds. The number of aryl methyl sites for hydroxylation is 1. The standard InChI is InChI=1S/C12H8O6/c1-5-8(10(15)12(16)17)9(14)6-3-2-4-7(13)11(6)18-5/h2-4,13H,1H3,(H,16,17). The molecule has 1 aromatic heterocycles. The number of ketones is 1. The molecule has 0 atom stereocenters. The first-order chi connectivity index (χ1) is 8.43. The summed E-state index contributed by atoms with van der Waals surface area (Å²) in [6.07, 6.45) is 0. The highest BCUT2D eigenvalue weighted by atomic mass is 16.4. The average molecular weight is 248 g/mol. The molecule has 0 fully saturated rings. The van der Waals surface area contributed by atoms with Crippen molar-refractivity contribution in [2.75, 3.05) is 0 Å². The summed E-state index contributed by atoms with van der Waals surface area (Å²) < 4.78 is 5.14. The molecule has 2 rings (SSSR count). The molecule has 2 N–H and O–H groups in total. The number of rotatable bonds is 2. The topological polar surface area (TPSA) is 105 Å². The molecular weight excluding hydrogens is 240 g/mol. The Kier molecular flexibility index (Phi) is 2.63. The highest BCUT2D eigenvalue weighted by Gasteiger charge is 2.24. The van der Waals surface area contributed by atoms with Gasteiger partial charge in [-0.1, -0.05) is 6.07 Å². The molecule has 0 aliphatic carbocycles. The summed E-state index contributed by atoms with van der Waals surface area (Å²) >= 11 is 0. The van der Waals surface area contributed by atoms with E-state index in [9.17, 15) is 19.5 Å². The van der Waals surface area contributed by atoms with Crippen LogP contribution in [-0.2, 0) is 4.79 Å². The molecule has 6 nitrogen and oxygen atoms in total. The van der Waals surface area contributed by atoms with Crippen LogP contribution in [-0.4, -0.2) is 22.0 Å². The molecule has 18 heavy (non-hydrogen) atoms. The van der Waals surface area contributed by atoms with Gasteiger partial charge in [0.2, 0.25) is 5.43 Å². The number of carbonyl (C=O) groups excluding carboxylic acids is 1. The first kappa shape index (κ1) is 11.8. The van der Waals surface area contributed by atoms with Crippen LogP contribution < -0.4 is 5.43 Å². The molecular formula is C12H8O6. The lowest BCUT2D eigenvalue weighted by atomic mass is 10.1. The lowest BCUT2D eigenvalue weighted by Gasteiger charge is -2.04. The van der Waals surface area contributed by atoms with Gasteiger partial charge >= 0.3 is 5.97 Å². The van der Waals surface area contributed by atoms with Crippen molar-refractivity contribution in [2.24, 2.45) is 0 Å². The van der Waals surface area contributed by atoms with Crippen molar-refractivity contribution in [3.63, 3.8) is 0 Å². The molecule has 6 heteroatoms. The zero-order valence-electron chi connectivity index (χ0n) is 9.26. The van der Waals surface area contributed by atoms with Gasteiger partial charge in [0, 0.05) is 0 Å². The number of fused-ring (bicyclic) bond motifs is 1. The van der Waals surface area contributed by atoms with E-state index in [0.717, 1.165) is 0 Å². The van der Waals surface area contributed by atoms with Gasteiger partial charge in [-0.2, -0.15) is 0 Å². The van der Waals surface area contributed by atoms with Crippen molar-refractivity contribution in [3.05, 3.63) is 39.7 Å². The average Bonchev–Trinajstić information content (AvgIpc) is 2.30. The first-order valence-corrected chi connectivity index (χ1v) is 4.96. The van der Waals surface area contributed by atoms with Gasteiger partial charge in [-0.3, -0.25) is 9.59 Å². The Morgan fingerprint density at radius 3 is 2.56 bits per heavy atom. The number of hydrogen-bond donors (Lipinski definition) is 2. The minimum atomic E-state index is -1.73. The summed E-state index contributed by atoms with van der Waals surface area (Å²) in [6, 6.07) is 4.07. The Morgan fingerprint density at radius 1 is 1.28 bits per heavy atom. The Labute approximate surface area is 100 Å². The zero-order valence-corrected chi connectivity index (χ0v) is 9.26. The van der Waals surface area contributed by atoms with Gasteiger partial charge in [0.15, 0.2) is 11.3 Å². The fraction of sp³-hybridized carbons (Fsp3) is 0.0833. The molecule has 0 radical (unpaired) electrons. The predicted molar refractivity (Wildman–Crippen MR) is 60.9 cm³/mol. The maximum atomic E-state index is 12.0. The summed E-state index contributed by atoms with van der Waals surface area (Å²) in [6.45, 7) is 1.30. The van der Waals surface area contributed by atoms with Crippen LogP contribution in [0, 0.1) is 6.92 Å². The Balaban J connectivity index is 2.91. The largest absolute Gasteiger partial charge is 0.504 e. The Bertz CT molecular complexity index is 725. The molecule has 0 spiro atoms. The third kappa shape index (κ3) is 1.64. The van der Waals surface area contributed by atoms with E-state index in [0.29, 0.717) is 0 Å². The number of carboxylic acid groups (broad SMARTS) is 1. The number of carboxylic acids is 1. The maximum absolute atomic E-state index is 12.0. The first-order valence-electron chi connectivity index (χ1n) is 4.96. The van der Waals surface area contributed by atoms with Gasteiger partial charge < -0.3 is 14.6 Å². The number of phenolic OH excluding ortho intramolecular Hbond substituents is 1. The number of carbonyl (C=O) groups is 2. The van der Waals surface area contributed by atoms with Crippen LogP contribution >= 0.6 is 0 Å². The van der Waals surface area contributed by atoms with E-state index in [1.54, 1.807) is 0 Å². The minimum absolute atomic E-state index is 0.0369. The van der Waals surface area contributed by atoms with Crippen molar-refractivity contribution in [3.8, 4) is 5.75 Å². The van der Waals surface area contributed by atoms with E-state index in [1.165, 1.54) is 25.1 Å². The Hall–Kier alpha value is -2.63. The monoisotopic (exact) mass is 248 g/mol. The molecule has 92 valence electrons. The number of benzene rings is 1. The summed E-state index contributed by atoms with van der Waals surface area (Å²) in [4.78, 5) is 34.0. The van der Waals surface area contributed by atoms with Crippen LogP contribution in [0.5, 0.6) is 5.75 Å². The van der Waals surface area contributed by atoms with Crippen molar-refractivity contribution in [1.82, 2.24) is 0 Å². The van der Waals surface area contributed by atoms with Crippen molar-refractivity contribution in [1.29, 1.82) is 0 Å². The van der Waals surface area contributed by atoms with E-state index in [2.05, 4.69) is 0 Å². The fourth-order valence-corrected chi connectivity index (χ4v) is 1.68. The van der Waals surface area contributed by atoms with Crippen LogP contribution in [0.2, 0.25) is 0 Å². The highest BCUT2D eigenvalue weighted by Crippen LogP contribution is 2.24. The minimum Gasteiger partial charge on any atom is -0.504 e. The number of para-hydroxylation sites is 1. The third-order valence-corrected chi connectivity index (χ3v) is 2.49. The smallest absolute Gasteiger partial charge is 0.377 e. The number of aliphatic carboxylic acids is 1. The zero-order chi connectivity index (χ0) is 13.4. The van der Waals surface area contributed by atoms with Crippen molar-refractivity contribution >= 4 is 22.7 Å². The van der Waals surface area contributed by atoms with Crippen LogP contribution in [0.4, 0.5) is 0 Å². The molecule has 1 heterocycles.